The highest BCUT2D eigenvalue weighted by molar-refractivity contribution is 5.93. The first-order chi connectivity index (χ1) is 20.4. The second kappa shape index (κ2) is 15.0. The predicted molar refractivity (Wildman–Crippen MR) is 172 cm³/mol. The number of carboxylic acids is 1. The van der Waals surface area contributed by atoms with Crippen molar-refractivity contribution in [3.8, 4) is 0 Å². The molecule has 0 aliphatic carbocycles. The Morgan fingerprint density at radius 2 is 1.41 bits per heavy atom. The Kier molecular flexibility index (Phi) is 12.3. The van der Waals surface area contributed by atoms with Gasteiger partial charge in [-0.05, 0) is 44.7 Å². The van der Waals surface area contributed by atoms with E-state index in [4.69, 9.17) is 4.74 Å². The molecule has 240 valence electrons. The fourth-order valence-electron chi connectivity index (χ4n) is 5.22. The van der Waals surface area contributed by atoms with Gasteiger partial charge in [-0.1, -0.05) is 94.4 Å². The lowest BCUT2D eigenvalue weighted by Gasteiger charge is -2.41. The predicted octanol–water partition coefficient (Wildman–Crippen LogP) is 5.44. The first-order valence-corrected chi connectivity index (χ1v) is 14.9. The van der Waals surface area contributed by atoms with Crippen LogP contribution in [0.1, 0.15) is 66.5 Å². The fourth-order valence-corrected chi connectivity index (χ4v) is 5.22. The van der Waals surface area contributed by atoms with Gasteiger partial charge in [-0.15, -0.1) is 0 Å². The van der Waals surface area contributed by atoms with Crippen LogP contribution in [0.4, 0.5) is 4.79 Å². The molecule has 0 aromatic heterocycles. The van der Waals surface area contributed by atoms with E-state index in [-0.39, 0.29) is 23.8 Å². The normalized spacial score (nSPS) is 14.3. The highest BCUT2D eigenvalue weighted by Crippen LogP contribution is 2.31. The summed E-state index contributed by atoms with van der Waals surface area (Å²) in [6, 6.07) is 16.2. The van der Waals surface area contributed by atoms with E-state index in [1.165, 1.54) is 23.8 Å². The summed E-state index contributed by atoms with van der Waals surface area (Å²) >= 11 is 0. The maximum Gasteiger partial charge on any atom is 0.410 e. The van der Waals surface area contributed by atoms with Gasteiger partial charge < -0.3 is 20.1 Å². The third kappa shape index (κ3) is 9.69. The van der Waals surface area contributed by atoms with Gasteiger partial charge >= 0.3 is 12.1 Å². The summed E-state index contributed by atoms with van der Waals surface area (Å²) in [6.45, 7) is 14.3. The van der Waals surface area contributed by atoms with Crippen molar-refractivity contribution in [2.45, 2.75) is 91.0 Å². The standard InChI is InChI=1S/C35H49N3O6/c1-23(2)28(21-24(3)32(41)42)37(9)31(40)27(22-25-17-13-11-14-18-25)36-30(39)29(38(10)33(43)44-34(4,5)6)35(7,8)26-19-15-12-16-20-26/h11-21,23,27-29H,22H2,1-10H3,(H,36,39)(H,41,42)/t27-,28+,29+/m0/s1. The second-order valence-corrected chi connectivity index (χ2v) is 13.2. The topological polar surface area (TPSA) is 116 Å². The largest absolute Gasteiger partial charge is 0.478 e. The van der Waals surface area contributed by atoms with Gasteiger partial charge in [0.25, 0.3) is 0 Å². The van der Waals surface area contributed by atoms with Crippen LogP contribution in [0.25, 0.3) is 0 Å². The number of carbonyl (C=O) groups is 4. The Morgan fingerprint density at radius 3 is 1.89 bits per heavy atom. The number of amides is 3. The number of carbonyl (C=O) groups excluding carboxylic acids is 3. The molecule has 2 N–H and O–H groups in total. The molecule has 0 spiro atoms. The van der Waals surface area contributed by atoms with Crippen LogP contribution in [-0.4, -0.2) is 76.6 Å². The maximum atomic E-state index is 14.4. The van der Waals surface area contributed by atoms with Gasteiger partial charge in [-0.3, -0.25) is 14.5 Å². The number of hydrogen-bond donors (Lipinski definition) is 2. The molecule has 2 aromatic carbocycles. The van der Waals surface area contributed by atoms with Crippen LogP contribution in [0.3, 0.4) is 0 Å². The van der Waals surface area contributed by atoms with E-state index in [1.54, 1.807) is 33.9 Å². The number of rotatable bonds is 12. The summed E-state index contributed by atoms with van der Waals surface area (Å²) in [5.41, 5.74) is 0.108. The van der Waals surface area contributed by atoms with Gasteiger partial charge in [0, 0.05) is 31.5 Å². The average Bonchev–Trinajstić information content (AvgIpc) is 2.94. The molecule has 0 unspecified atom stereocenters. The number of benzene rings is 2. The lowest BCUT2D eigenvalue weighted by atomic mass is 9.76. The van der Waals surface area contributed by atoms with Crippen molar-refractivity contribution < 1.29 is 29.0 Å². The molecular formula is C35H49N3O6. The van der Waals surface area contributed by atoms with E-state index in [0.29, 0.717) is 0 Å². The fraction of sp³-hybridized carbons (Fsp3) is 0.486. The Bertz CT molecular complexity index is 1310. The zero-order valence-corrected chi connectivity index (χ0v) is 27.8. The van der Waals surface area contributed by atoms with Crippen LogP contribution < -0.4 is 5.32 Å². The van der Waals surface area contributed by atoms with Crippen molar-refractivity contribution in [2.24, 2.45) is 5.92 Å². The van der Waals surface area contributed by atoms with Crippen molar-refractivity contribution in [2.75, 3.05) is 14.1 Å². The molecule has 9 nitrogen and oxygen atoms in total. The zero-order valence-electron chi connectivity index (χ0n) is 27.8. The molecule has 2 aromatic rings. The Labute approximate surface area is 262 Å². The summed E-state index contributed by atoms with van der Waals surface area (Å²) < 4.78 is 5.64. The third-order valence-corrected chi connectivity index (χ3v) is 7.65. The van der Waals surface area contributed by atoms with Gasteiger partial charge in [-0.2, -0.15) is 0 Å². The van der Waals surface area contributed by atoms with E-state index < -0.39 is 47.1 Å². The van der Waals surface area contributed by atoms with E-state index >= 15 is 0 Å². The number of aliphatic carboxylic acids is 1. The first kappa shape index (κ1) is 36.1. The van der Waals surface area contributed by atoms with Gasteiger partial charge in [0.15, 0.2) is 0 Å². The minimum absolute atomic E-state index is 0.102. The van der Waals surface area contributed by atoms with E-state index in [1.807, 2.05) is 88.4 Å². The maximum absolute atomic E-state index is 14.4. The molecular weight excluding hydrogens is 558 g/mol. The summed E-state index contributed by atoms with van der Waals surface area (Å²) in [5.74, 6) is -2.07. The van der Waals surface area contributed by atoms with Crippen molar-refractivity contribution in [1.29, 1.82) is 0 Å². The van der Waals surface area contributed by atoms with E-state index in [9.17, 15) is 24.3 Å². The minimum Gasteiger partial charge on any atom is -0.478 e. The van der Waals surface area contributed by atoms with Crippen LogP contribution in [0, 0.1) is 5.92 Å². The molecule has 0 fully saturated rings. The molecule has 44 heavy (non-hydrogen) atoms. The molecule has 0 saturated heterocycles. The number of carboxylic acid groups (broad SMARTS) is 1. The molecule has 9 heteroatoms. The number of nitrogens with one attached hydrogen (secondary N) is 1. The van der Waals surface area contributed by atoms with Gasteiger partial charge in [-0.25, -0.2) is 9.59 Å². The second-order valence-electron chi connectivity index (χ2n) is 13.2. The summed E-state index contributed by atoms with van der Waals surface area (Å²) in [7, 11) is 3.14. The molecule has 0 saturated carbocycles. The number of ether oxygens (including phenoxy) is 1. The third-order valence-electron chi connectivity index (χ3n) is 7.65. The Hall–Kier alpha value is -4.14. The van der Waals surface area contributed by atoms with Crippen LogP contribution in [0.5, 0.6) is 0 Å². The van der Waals surface area contributed by atoms with Gasteiger partial charge in [0.2, 0.25) is 11.8 Å². The highest BCUT2D eigenvalue weighted by atomic mass is 16.6. The molecule has 0 heterocycles. The molecule has 3 atom stereocenters. The van der Waals surface area contributed by atoms with Crippen molar-refractivity contribution in [1.82, 2.24) is 15.1 Å². The van der Waals surface area contributed by atoms with Crippen LogP contribution in [-0.2, 0) is 31.0 Å². The molecule has 3 amide bonds. The van der Waals surface area contributed by atoms with Gasteiger partial charge in [0.05, 0.1) is 6.04 Å². The first-order valence-electron chi connectivity index (χ1n) is 14.9. The Morgan fingerprint density at radius 1 is 0.886 bits per heavy atom. The molecule has 2 rings (SSSR count). The van der Waals surface area contributed by atoms with Crippen molar-refractivity contribution in [3.05, 3.63) is 83.4 Å². The van der Waals surface area contributed by atoms with E-state index in [2.05, 4.69) is 5.32 Å². The zero-order chi connectivity index (χ0) is 33.4. The van der Waals surface area contributed by atoms with Crippen LogP contribution >= 0.6 is 0 Å². The van der Waals surface area contributed by atoms with Gasteiger partial charge in [0.1, 0.15) is 17.7 Å². The lowest BCUT2D eigenvalue weighted by Crippen LogP contribution is -2.61. The summed E-state index contributed by atoms with van der Waals surface area (Å²) in [4.78, 5) is 56.2. The molecule has 0 aliphatic rings. The highest BCUT2D eigenvalue weighted by Gasteiger charge is 2.44. The number of hydrogen-bond acceptors (Lipinski definition) is 5. The minimum atomic E-state index is -1.07. The molecule has 0 bridgehead atoms. The lowest BCUT2D eigenvalue weighted by molar-refractivity contribution is -0.139. The van der Waals surface area contributed by atoms with Crippen molar-refractivity contribution in [3.63, 3.8) is 0 Å². The van der Waals surface area contributed by atoms with Crippen LogP contribution in [0.2, 0.25) is 0 Å². The monoisotopic (exact) mass is 607 g/mol. The average molecular weight is 608 g/mol. The summed E-state index contributed by atoms with van der Waals surface area (Å²) in [6.07, 6.45) is 1.08. The summed E-state index contributed by atoms with van der Waals surface area (Å²) in [5, 5.41) is 12.5. The SMILES string of the molecule is CC(=C[C@H](C(C)C)N(C)C(=O)[C@H](Cc1ccccc1)NC(=O)[C@@H](N(C)C(=O)OC(C)(C)C)C(C)(C)c1ccccc1)C(=O)O. The van der Waals surface area contributed by atoms with E-state index in [0.717, 1.165) is 11.1 Å². The number of nitrogens with zero attached hydrogens (tertiary/aromatic N) is 2. The Balaban J connectivity index is 2.58. The smallest absolute Gasteiger partial charge is 0.410 e. The quantitative estimate of drug-likeness (QED) is 0.311. The molecule has 0 radical (unpaired) electrons. The van der Waals surface area contributed by atoms with Crippen molar-refractivity contribution >= 4 is 23.9 Å². The molecule has 0 aliphatic heterocycles. The number of likely N-dealkylation sites (N-methyl/N-ethyl adjacent to an activating group) is 2. The van der Waals surface area contributed by atoms with Crippen LogP contribution in [0.15, 0.2) is 72.3 Å².